The van der Waals surface area contributed by atoms with Gasteiger partial charge in [-0.3, -0.25) is 4.79 Å². The Hall–Kier alpha value is -3.82. The minimum absolute atomic E-state index is 0.559. The van der Waals surface area contributed by atoms with E-state index >= 15 is 0 Å². The van der Waals surface area contributed by atoms with Crippen molar-refractivity contribution in [2.24, 2.45) is 0 Å². The summed E-state index contributed by atoms with van der Waals surface area (Å²) in [5.41, 5.74) is 1.22. The number of hydrogen-bond acceptors (Lipinski definition) is 3. The molecule has 0 bridgehead atoms. The predicted octanol–water partition coefficient (Wildman–Crippen LogP) is 6.00. The van der Waals surface area contributed by atoms with E-state index < -0.39 is 38.1 Å². The number of Topliss-reactive ketones (excluding diaryl/α,β-unsaturated/α-hetero) is 1. The summed E-state index contributed by atoms with van der Waals surface area (Å²) < 4.78 is 55.1. The number of benzene rings is 4. The lowest BCUT2D eigenvalue weighted by atomic mass is 9.92. The first kappa shape index (κ1) is 23.3. The van der Waals surface area contributed by atoms with Gasteiger partial charge >= 0.3 is 5.25 Å². The van der Waals surface area contributed by atoms with Crippen molar-refractivity contribution in [1.82, 2.24) is 0 Å². The van der Waals surface area contributed by atoms with E-state index in [1.165, 1.54) is 18.2 Å². The van der Waals surface area contributed by atoms with E-state index in [4.69, 9.17) is 0 Å². The molecule has 0 amide bonds. The fourth-order valence-corrected chi connectivity index (χ4v) is 4.76. The van der Waals surface area contributed by atoms with Crippen LogP contribution in [0.1, 0.15) is 23.5 Å². The fourth-order valence-electron chi connectivity index (χ4n) is 3.57. The molecule has 3 nitrogen and oxygen atoms in total. The second-order valence-electron chi connectivity index (χ2n) is 7.76. The van der Waals surface area contributed by atoms with Crippen LogP contribution in [0.15, 0.2) is 108 Å². The van der Waals surface area contributed by atoms with Crippen molar-refractivity contribution in [1.29, 1.82) is 0 Å². The van der Waals surface area contributed by atoms with Gasteiger partial charge < -0.3 is 0 Å². The Labute approximate surface area is 197 Å². The van der Waals surface area contributed by atoms with Crippen LogP contribution in [0.4, 0.5) is 8.78 Å². The molecule has 0 radical (unpaired) electrons. The summed E-state index contributed by atoms with van der Waals surface area (Å²) in [6.45, 7) is 0. The van der Waals surface area contributed by atoms with E-state index in [2.05, 4.69) is 11.8 Å². The van der Waals surface area contributed by atoms with Crippen LogP contribution < -0.4 is 0 Å². The third kappa shape index (κ3) is 4.75. The number of carbonyl (C=O) groups excluding carboxylic acids is 1. The second-order valence-corrected chi connectivity index (χ2v) is 9.75. The summed E-state index contributed by atoms with van der Waals surface area (Å²) in [4.78, 5) is 12.1. The number of sulfone groups is 1. The molecule has 0 aliphatic heterocycles. The molecular weight excluding hydrogens is 454 g/mol. The van der Waals surface area contributed by atoms with Crippen molar-refractivity contribution in [3.8, 4) is 11.8 Å². The molecule has 0 aliphatic rings. The summed E-state index contributed by atoms with van der Waals surface area (Å²) >= 11 is 0. The molecule has 4 aromatic rings. The van der Waals surface area contributed by atoms with Crippen LogP contribution in [0.3, 0.4) is 0 Å². The number of rotatable bonds is 6. The first-order chi connectivity index (χ1) is 16.3. The minimum atomic E-state index is -5.20. The van der Waals surface area contributed by atoms with Crippen molar-refractivity contribution < 1.29 is 22.0 Å². The molecule has 0 aliphatic carbocycles. The lowest BCUT2D eigenvalue weighted by Gasteiger charge is -2.18. The molecule has 0 saturated carbocycles. The van der Waals surface area contributed by atoms with E-state index in [9.17, 15) is 22.0 Å². The van der Waals surface area contributed by atoms with Gasteiger partial charge in [0.15, 0.2) is 0 Å². The molecule has 0 spiro atoms. The van der Waals surface area contributed by atoms with Crippen LogP contribution in [0.5, 0.6) is 0 Å². The minimum Gasteiger partial charge on any atom is -0.292 e. The van der Waals surface area contributed by atoms with Crippen LogP contribution in [0, 0.1) is 11.8 Å². The predicted molar refractivity (Wildman–Crippen MR) is 128 cm³/mol. The maximum Gasteiger partial charge on any atom is 0.406 e. The van der Waals surface area contributed by atoms with Gasteiger partial charge in [-0.15, -0.1) is 0 Å². The highest BCUT2D eigenvalue weighted by Gasteiger charge is 2.53. The lowest BCUT2D eigenvalue weighted by molar-refractivity contribution is -0.133. The van der Waals surface area contributed by atoms with Crippen molar-refractivity contribution in [3.05, 3.63) is 114 Å². The maximum absolute atomic E-state index is 15.0. The summed E-state index contributed by atoms with van der Waals surface area (Å²) in [6.07, 6.45) is -0.753. The van der Waals surface area contributed by atoms with Crippen molar-refractivity contribution >= 4 is 26.4 Å². The van der Waals surface area contributed by atoms with E-state index in [1.54, 1.807) is 36.4 Å². The molecule has 0 unspecified atom stereocenters. The first-order valence-electron chi connectivity index (χ1n) is 10.5. The second kappa shape index (κ2) is 9.58. The van der Waals surface area contributed by atoms with E-state index in [0.717, 1.165) is 22.9 Å². The zero-order valence-electron chi connectivity index (χ0n) is 18.0. The first-order valence-corrected chi connectivity index (χ1v) is 12.0. The standard InChI is InChI=1S/C28H20F2O3S/c29-28(30,34(32,33)26-13-5-2-6-14-26)27(31)20-25(16-15-21-9-3-1-4-10-21)24-18-17-22-11-7-8-12-23(22)19-24/h1-14,17-19,25H,20H2/t25-/m1/s1. The normalized spacial score (nSPS) is 12.5. The Morgan fingerprint density at radius 2 is 1.38 bits per heavy atom. The largest absolute Gasteiger partial charge is 0.406 e. The van der Waals surface area contributed by atoms with E-state index in [1.807, 2.05) is 36.4 Å². The van der Waals surface area contributed by atoms with Gasteiger partial charge in [-0.1, -0.05) is 84.6 Å². The van der Waals surface area contributed by atoms with Crippen LogP contribution >= 0.6 is 0 Å². The fraction of sp³-hybridized carbons (Fsp3) is 0.107. The summed E-state index contributed by atoms with van der Waals surface area (Å²) in [5, 5.41) is -2.77. The third-order valence-electron chi connectivity index (χ3n) is 5.45. The topological polar surface area (TPSA) is 51.2 Å². The Bertz CT molecular complexity index is 1490. The molecule has 1 atom stereocenters. The maximum atomic E-state index is 15.0. The summed E-state index contributed by atoms with van der Waals surface area (Å²) in [7, 11) is -5.20. The lowest BCUT2D eigenvalue weighted by Crippen LogP contribution is -2.38. The quantitative estimate of drug-likeness (QED) is 0.322. The summed E-state index contributed by atoms with van der Waals surface area (Å²) in [6, 6.07) is 28.1. The van der Waals surface area contributed by atoms with Gasteiger partial charge in [-0.05, 0) is 46.7 Å². The zero-order chi connectivity index (χ0) is 24.2. The molecule has 0 heterocycles. The molecule has 0 fully saturated rings. The number of fused-ring (bicyclic) bond motifs is 1. The highest BCUT2D eigenvalue weighted by molar-refractivity contribution is 7.93. The molecule has 0 saturated heterocycles. The zero-order valence-corrected chi connectivity index (χ0v) is 18.8. The smallest absolute Gasteiger partial charge is 0.292 e. The van der Waals surface area contributed by atoms with Gasteiger partial charge in [0, 0.05) is 12.0 Å². The van der Waals surface area contributed by atoms with Crippen molar-refractivity contribution in [2.45, 2.75) is 22.5 Å². The molecule has 0 N–H and O–H groups in total. The number of halogens is 2. The molecule has 4 rings (SSSR count). The van der Waals surface area contributed by atoms with Crippen molar-refractivity contribution in [3.63, 3.8) is 0 Å². The van der Waals surface area contributed by atoms with Crippen LogP contribution in [-0.4, -0.2) is 19.5 Å². The molecule has 6 heteroatoms. The molecule has 34 heavy (non-hydrogen) atoms. The Morgan fingerprint density at radius 3 is 2.06 bits per heavy atom. The highest BCUT2D eigenvalue weighted by atomic mass is 32.2. The van der Waals surface area contributed by atoms with E-state index in [0.29, 0.717) is 11.1 Å². The number of carbonyl (C=O) groups is 1. The van der Waals surface area contributed by atoms with Crippen LogP contribution in [-0.2, 0) is 14.6 Å². The Balaban J connectivity index is 1.71. The Kier molecular flexibility index (Phi) is 6.58. The van der Waals surface area contributed by atoms with E-state index in [-0.39, 0.29) is 0 Å². The highest BCUT2D eigenvalue weighted by Crippen LogP contribution is 2.34. The van der Waals surface area contributed by atoms with Crippen molar-refractivity contribution in [2.75, 3.05) is 0 Å². The van der Waals surface area contributed by atoms with Crippen LogP contribution in [0.2, 0.25) is 0 Å². The third-order valence-corrected chi connectivity index (χ3v) is 7.24. The number of hydrogen-bond donors (Lipinski definition) is 0. The van der Waals surface area contributed by atoms with Gasteiger partial charge in [-0.2, -0.15) is 8.78 Å². The average Bonchev–Trinajstić information content (AvgIpc) is 2.87. The number of alkyl halides is 2. The van der Waals surface area contributed by atoms with Gasteiger partial charge in [-0.25, -0.2) is 8.42 Å². The van der Waals surface area contributed by atoms with Gasteiger partial charge in [0.1, 0.15) is 0 Å². The Morgan fingerprint density at radius 1 is 0.794 bits per heavy atom. The molecule has 0 aromatic heterocycles. The van der Waals surface area contributed by atoms with Gasteiger partial charge in [0.25, 0.3) is 9.84 Å². The molecular formula is C28H20F2O3S. The summed E-state index contributed by atoms with van der Waals surface area (Å²) in [5.74, 6) is 3.21. The van der Waals surface area contributed by atoms with Gasteiger partial charge in [0.05, 0.1) is 10.8 Å². The van der Waals surface area contributed by atoms with Crippen LogP contribution in [0.25, 0.3) is 10.8 Å². The molecule has 4 aromatic carbocycles. The number of ketones is 1. The molecule has 170 valence electrons. The van der Waals surface area contributed by atoms with Gasteiger partial charge in [0.2, 0.25) is 5.78 Å². The monoisotopic (exact) mass is 474 g/mol. The SMILES string of the molecule is O=C(C[C@@H](C#Cc1ccccc1)c1ccc2ccccc2c1)C(F)(F)S(=O)(=O)c1ccccc1. The average molecular weight is 475 g/mol.